The van der Waals surface area contributed by atoms with Gasteiger partial charge in [0.25, 0.3) is 5.91 Å². The lowest BCUT2D eigenvalue weighted by Crippen LogP contribution is -2.29. The van der Waals surface area contributed by atoms with Crippen LogP contribution in [0.25, 0.3) is 11.0 Å². The smallest absolute Gasteiger partial charge is 0.336 e. The van der Waals surface area contributed by atoms with Gasteiger partial charge in [-0.05, 0) is 44.1 Å². The number of benzene rings is 1. The quantitative estimate of drug-likeness (QED) is 0.641. The summed E-state index contributed by atoms with van der Waals surface area (Å²) >= 11 is 1.42. The fourth-order valence-electron chi connectivity index (χ4n) is 3.22. The van der Waals surface area contributed by atoms with Gasteiger partial charge in [0.1, 0.15) is 11.3 Å². The first-order valence-electron chi connectivity index (χ1n) is 9.29. The van der Waals surface area contributed by atoms with Crippen LogP contribution in [-0.4, -0.2) is 35.5 Å². The summed E-state index contributed by atoms with van der Waals surface area (Å²) in [4.78, 5) is 30.3. The third-order valence-corrected chi connectivity index (χ3v) is 5.40. The molecule has 1 N–H and O–H groups in total. The topological polar surface area (TPSA) is 84.7 Å². The second-order valence-electron chi connectivity index (χ2n) is 6.77. The highest BCUT2D eigenvalue weighted by Gasteiger charge is 2.13. The van der Waals surface area contributed by atoms with Crippen molar-refractivity contribution in [3.8, 4) is 5.75 Å². The first-order chi connectivity index (χ1) is 13.7. The third-order valence-electron chi connectivity index (χ3n) is 4.60. The normalized spacial score (nSPS) is 14.9. The maximum Gasteiger partial charge on any atom is 0.336 e. The number of fused-ring (bicyclic) bond motifs is 1. The van der Waals surface area contributed by atoms with Gasteiger partial charge in [-0.3, -0.25) is 15.0 Å². The number of nitrogens with one attached hydrogen (secondary N) is 1. The number of amides is 1. The van der Waals surface area contributed by atoms with E-state index in [4.69, 9.17) is 9.15 Å². The van der Waals surface area contributed by atoms with E-state index >= 15 is 0 Å². The van der Waals surface area contributed by atoms with Crippen LogP contribution >= 0.6 is 11.3 Å². The molecule has 0 unspecified atom stereocenters. The summed E-state index contributed by atoms with van der Waals surface area (Å²) in [5.41, 5.74) is 0.979. The van der Waals surface area contributed by atoms with Crippen molar-refractivity contribution >= 4 is 33.3 Å². The first kappa shape index (κ1) is 18.6. The summed E-state index contributed by atoms with van der Waals surface area (Å²) < 4.78 is 10.6. The third kappa shape index (κ3) is 4.76. The van der Waals surface area contributed by atoms with Gasteiger partial charge in [-0.1, -0.05) is 6.42 Å². The summed E-state index contributed by atoms with van der Waals surface area (Å²) in [5.74, 6) is 0.176. The molecular weight excluding hydrogens is 378 g/mol. The Kier molecular flexibility index (Phi) is 5.68. The summed E-state index contributed by atoms with van der Waals surface area (Å²) in [6.45, 7) is 2.90. The van der Waals surface area contributed by atoms with Crippen LogP contribution in [0.1, 0.15) is 25.0 Å². The van der Waals surface area contributed by atoms with E-state index in [9.17, 15) is 9.59 Å². The molecular formula is C20H21N3O4S. The van der Waals surface area contributed by atoms with Gasteiger partial charge >= 0.3 is 5.63 Å². The number of carbonyl (C=O) groups excluding carboxylic acids is 1. The molecule has 1 saturated heterocycles. The molecule has 2 aromatic heterocycles. The van der Waals surface area contributed by atoms with Gasteiger partial charge in [-0.25, -0.2) is 9.78 Å². The van der Waals surface area contributed by atoms with Crippen molar-refractivity contribution in [1.29, 1.82) is 0 Å². The number of aromatic nitrogens is 1. The Balaban J connectivity index is 1.30. The molecule has 0 spiro atoms. The second kappa shape index (κ2) is 8.53. The van der Waals surface area contributed by atoms with Crippen molar-refractivity contribution in [2.24, 2.45) is 0 Å². The maximum atomic E-state index is 12.1. The number of hydrogen-bond acceptors (Lipinski definition) is 7. The van der Waals surface area contributed by atoms with E-state index in [0.717, 1.165) is 30.7 Å². The molecule has 1 aromatic carbocycles. The highest BCUT2D eigenvalue weighted by atomic mass is 32.1. The SMILES string of the molecule is O=C(COc1ccc2ccc(=O)oc2c1)Nc1nc(CN2CCCCC2)cs1. The molecule has 4 rings (SSSR count). The molecule has 8 heteroatoms. The monoisotopic (exact) mass is 399 g/mol. The molecule has 7 nitrogen and oxygen atoms in total. The lowest BCUT2D eigenvalue weighted by molar-refractivity contribution is -0.118. The Labute approximate surface area is 165 Å². The van der Waals surface area contributed by atoms with Crippen molar-refractivity contribution in [1.82, 2.24) is 9.88 Å². The predicted molar refractivity (Wildman–Crippen MR) is 108 cm³/mol. The Morgan fingerprint density at radius 2 is 2.04 bits per heavy atom. The van der Waals surface area contributed by atoms with Crippen LogP contribution in [0.4, 0.5) is 5.13 Å². The molecule has 0 atom stereocenters. The molecule has 0 aliphatic carbocycles. The molecule has 3 aromatic rings. The fourth-order valence-corrected chi connectivity index (χ4v) is 3.94. The minimum atomic E-state index is -0.425. The Bertz CT molecular complexity index is 1020. The van der Waals surface area contributed by atoms with Gasteiger partial charge in [-0.2, -0.15) is 0 Å². The van der Waals surface area contributed by atoms with E-state index in [1.54, 1.807) is 24.3 Å². The van der Waals surface area contributed by atoms with Crippen molar-refractivity contribution in [3.63, 3.8) is 0 Å². The maximum absolute atomic E-state index is 12.1. The average Bonchev–Trinajstić information content (AvgIpc) is 3.13. The van der Waals surface area contributed by atoms with Crippen LogP contribution < -0.4 is 15.7 Å². The zero-order valence-corrected chi connectivity index (χ0v) is 16.2. The lowest BCUT2D eigenvalue weighted by Gasteiger charge is -2.25. The molecule has 0 radical (unpaired) electrons. The Hall–Kier alpha value is -2.71. The number of carbonyl (C=O) groups is 1. The van der Waals surface area contributed by atoms with Gasteiger partial charge in [-0.15, -0.1) is 11.3 Å². The van der Waals surface area contributed by atoms with Crippen LogP contribution in [0.2, 0.25) is 0 Å². The highest BCUT2D eigenvalue weighted by Crippen LogP contribution is 2.21. The Morgan fingerprint density at radius 3 is 2.89 bits per heavy atom. The van der Waals surface area contributed by atoms with E-state index in [-0.39, 0.29) is 12.5 Å². The van der Waals surface area contributed by atoms with Crippen LogP contribution in [0, 0.1) is 0 Å². The molecule has 0 saturated carbocycles. The minimum absolute atomic E-state index is 0.149. The number of likely N-dealkylation sites (tertiary alicyclic amines) is 1. The van der Waals surface area contributed by atoms with E-state index in [2.05, 4.69) is 15.2 Å². The van der Waals surface area contributed by atoms with Crippen LogP contribution in [0.15, 0.2) is 44.9 Å². The number of piperidine rings is 1. The average molecular weight is 399 g/mol. The van der Waals surface area contributed by atoms with Gasteiger partial charge in [0.2, 0.25) is 0 Å². The van der Waals surface area contributed by atoms with Crippen LogP contribution in [-0.2, 0) is 11.3 Å². The van der Waals surface area contributed by atoms with Crippen molar-refractivity contribution in [2.45, 2.75) is 25.8 Å². The summed E-state index contributed by atoms with van der Waals surface area (Å²) in [6, 6.07) is 8.16. The number of rotatable bonds is 6. The summed E-state index contributed by atoms with van der Waals surface area (Å²) in [7, 11) is 0. The van der Waals surface area contributed by atoms with Crippen molar-refractivity contribution < 1.29 is 13.9 Å². The Morgan fingerprint density at radius 1 is 1.21 bits per heavy atom. The minimum Gasteiger partial charge on any atom is -0.484 e. The number of thiazole rings is 1. The number of nitrogens with zero attached hydrogens (tertiary/aromatic N) is 2. The number of hydrogen-bond donors (Lipinski definition) is 1. The zero-order valence-electron chi connectivity index (χ0n) is 15.3. The van der Waals surface area contributed by atoms with E-state index in [1.807, 2.05) is 5.38 Å². The van der Waals surface area contributed by atoms with Crippen molar-refractivity contribution in [2.75, 3.05) is 25.0 Å². The van der Waals surface area contributed by atoms with E-state index in [0.29, 0.717) is 16.5 Å². The number of ether oxygens (including phenoxy) is 1. The van der Waals surface area contributed by atoms with Crippen molar-refractivity contribution in [3.05, 3.63) is 51.8 Å². The highest BCUT2D eigenvalue weighted by molar-refractivity contribution is 7.13. The van der Waals surface area contributed by atoms with Crippen LogP contribution in [0.5, 0.6) is 5.75 Å². The van der Waals surface area contributed by atoms with Crippen LogP contribution in [0.3, 0.4) is 0 Å². The van der Waals surface area contributed by atoms with Gasteiger partial charge < -0.3 is 9.15 Å². The first-order valence-corrected chi connectivity index (χ1v) is 10.2. The molecule has 146 valence electrons. The molecule has 1 amide bonds. The lowest BCUT2D eigenvalue weighted by atomic mass is 10.1. The summed E-state index contributed by atoms with van der Waals surface area (Å²) in [5, 5.41) is 6.12. The second-order valence-corrected chi connectivity index (χ2v) is 7.63. The molecule has 1 aliphatic heterocycles. The molecule has 3 heterocycles. The van der Waals surface area contributed by atoms with E-state index < -0.39 is 5.63 Å². The van der Waals surface area contributed by atoms with Gasteiger partial charge in [0.05, 0.1) is 5.69 Å². The molecule has 1 aliphatic rings. The standard InChI is InChI=1S/C20H21N3O4S/c24-18(12-26-16-6-4-14-5-7-19(25)27-17(14)10-16)22-20-21-15(13-28-20)11-23-8-2-1-3-9-23/h4-7,10,13H,1-3,8-9,11-12H2,(H,21,22,24). The van der Waals surface area contributed by atoms with Gasteiger partial charge in [0, 0.05) is 29.4 Å². The predicted octanol–water partition coefficient (Wildman–Crippen LogP) is 3.25. The fraction of sp³-hybridized carbons (Fsp3) is 0.350. The zero-order chi connectivity index (χ0) is 19.3. The molecule has 28 heavy (non-hydrogen) atoms. The molecule has 0 bridgehead atoms. The number of anilines is 1. The largest absolute Gasteiger partial charge is 0.484 e. The van der Waals surface area contributed by atoms with Gasteiger partial charge in [0.15, 0.2) is 11.7 Å². The summed E-state index contributed by atoms with van der Waals surface area (Å²) in [6.07, 6.45) is 3.78. The van der Waals surface area contributed by atoms with E-state index in [1.165, 1.54) is 36.7 Å². The molecule has 1 fully saturated rings.